The van der Waals surface area contributed by atoms with Crippen LogP contribution in [0.3, 0.4) is 0 Å². The summed E-state index contributed by atoms with van der Waals surface area (Å²) in [6.07, 6.45) is 6.98. The summed E-state index contributed by atoms with van der Waals surface area (Å²) in [5, 5.41) is 7.50. The van der Waals surface area contributed by atoms with Crippen molar-refractivity contribution in [3.63, 3.8) is 0 Å². The van der Waals surface area contributed by atoms with Gasteiger partial charge in [0.2, 0.25) is 5.91 Å². The molecule has 0 spiro atoms. The lowest BCUT2D eigenvalue weighted by Gasteiger charge is -2.38. The summed E-state index contributed by atoms with van der Waals surface area (Å²) >= 11 is 0. The van der Waals surface area contributed by atoms with Crippen molar-refractivity contribution in [3.05, 3.63) is 36.2 Å². The fourth-order valence-electron chi connectivity index (χ4n) is 4.88. The van der Waals surface area contributed by atoms with E-state index in [4.69, 9.17) is 0 Å². The molecule has 2 amide bonds. The monoisotopic (exact) mass is 485 g/mol. The van der Waals surface area contributed by atoms with Gasteiger partial charge in [-0.25, -0.2) is 18.4 Å². The van der Waals surface area contributed by atoms with Crippen molar-refractivity contribution in [2.45, 2.75) is 38.3 Å². The highest BCUT2D eigenvalue weighted by atomic mass is 19.1. The van der Waals surface area contributed by atoms with Crippen LogP contribution >= 0.6 is 0 Å². The summed E-state index contributed by atoms with van der Waals surface area (Å²) in [5.41, 5.74) is -1.09. The van der Waals surface area contributed by atoms with Crippen molar-refractivity contribution >= 4 is 28.5 Å². The minimum Gasteiger partial charge on any atom is -0.357 e. The fraction of sp³-hybridized carbons (Fsp3) is 0.478. The van der Waals surface area contributed by atoms with Crippen LogP contribution in [0.25, 0.3) is 16.7 Å². The summed E-state index contributed by atoms with van der Waals surface area (Å²) in [5.74, 6) is -2.33. The zero-order chi connectivity index (χ0) is 24.7. The Kier molecular flexibility index (Phi) is 5.81. The Balaban J connectivity index is 1.27. The molecule has 1 aliphatic heterocycles. The van der Waals surface area contributed by atoms with Gasteiger partial charge in [-0.2, -0.15) is 0 Å². The molecule has 5 rings (SSSR count). The number of Topliss-reactive ketones (excluding diaryl/α,β-unsaturated/α-hetero) is 1. The predicted molar refractivity (Wildman–Crippen MR) is 120 cm³/mol. The van der Waals surface area contributed by atoms with Crippen molar-refractivity contribution in [1.82, 2.24) is 34.8 Å². The minimum atomic E-state index is -1.21. The first-order chi connectivity index (χ1) is 16.7. The lowest BCUT2D eigenvalue weighted by atomic mass is 9.80. The van der Waals surface area contributed by atoms with Crippen molar-refractivity contribution in [1.29, 1.82) is 0 Å². The smallest absolute Gasteiger partial charge is 0.295 e. The number of aromatic nitrogens is 5. The van der Waals surface area contributed by atoms with Crippen LogP contribution in [0.2, 0.25) is 0 Å². The molecule has 35 heavy (non-hydrogen) atoms. The van der Waals surface area contributed by atoms with Crippen LogP contribution in [0, 0.1) is 11.7 Å². The Labute approximate surface area is 199 Å². The summed E-state index contributed by atoms with van der Waals surface area (Å²) in [6, 6.07) is 0. The van der Waals surface area contributed by atoms with Gasteiger partial charge >= 0.3 is 0 Å². The summed E-state index contributed by atoms with van der Waals surface area (Å²) in [7, 11) is 0. The number of piperazine rings is 1. The van der Waals surface area contributed by atoms with Gasteiger partial charge in [0.15, 0.2) is 11.6 Å². The van der Waals surface area contributed by atoms with Crippen molar-refractivity contribution in [2.24, 2.45) is 5.92 Å². The molecular formula is C23H25F2N7O3. The van der Waals surface area contributed by atoms with Gasteiger partial charge in [0.05, 0.1) is 35.1 Å². The maximum Gasteiger partial charge on any atom is 0.295 e. The van der Waals surface area contributed by atoms with Crippen LogP contribution in [0.1, 0.15) is 43.0 Å². The second-order valence-electron chi connectivity index (χ2n) is 9.36. The SMILES string of the molecule is CC1(F)CCC(C(=O)N2CCN(C(=O)C(=O)c3c[nH]c4c(-n5ccnn5)ncc(F)c34)CC2)CC1. The zero-order valence-electron chi connectivity index (χ0n) is 19.2. The number of nitrogens with one attached hydrogen (secondary N) is 1. The lowest BCUT2D eigenvalue weighted by molar-refractivity contribution is -0.142. The summed E-state index contributed by atoms with van der Waals surface area (Å²) < 4.78 is 30.0. The second kappa shape index (κ2) is 8.82. The van der Waals surface area contributed by atoms with E-state index in [-0.39, 0.29) is 47.2 Å². The van der Waals surface area contributed by atoms with E-state index >= 15 is 0 Å². The lowest BCUT2D eigenvalue weighted by Crippen LogP contribution is -2.53. The van der Waals surface area contributed by atoms with Crippen LogP contribution in [-0.2, 0) is 9.59 Å². The highest BCUT2D eigenvalue weighted by Gasteiger charge is 2.37. The van der Waals surface area contributed by atoms with Crippen molar-refractivity contribution in [3.8, 4) is 5.82 Å². The largest absolute Gasteiger partial charge is 0.357 e. The number of carbonyl (C=O) groups excluding carboxylic acids is 3. The number of H-pyrrole nitrogens is 1. The summed E-state index contributed by atoms with van der Waals surface area (Å²) in [6.45, 7) is 2.55. The van der Waals surface area contributed by atoms with Gasteiger partial charge in [-0.1, -0.05) is 5.21 Å². The van der Waals surface area contributed by atoms with Crippen LogP contribution in [0.15, 0.2) is 24.8 Å². The molecule has 3 aromatic rings. The predicted octanol–water partition coefficient (Wildman–Crippen LogP) is 2.05. The molecule has 4 heterocycles. The first kappa shape index (κ1) is 23.1. The Morgan fingerprint density at radius 3 is 2.46 bits per heavy atom. The number of amides is 2. The molecule has 0 bridgehead atoms. The molecule has 1 N–H and O–H groups in total. The maximum absolute atomic E-state index is 14.7. The van der Waals surface area contributed by atoms with Crippen molar-refractivity contribution < 1.29 is 23.2 Å². The molecular weight excluding hydrogens is 460 g/mol. The van der Waals surface area contributed by atoms with E-state index in [0.717, 1.165) is 6.20 Å². The van der Waals surface area contributed by atoms with E-state index in [1.807, 2.05) is 0 Å². The first-order valence-corrected chi connectivity index (χ1v) is 11.6. The minimum absolute atomic E-state index is 0.0224. The van der Waals surface area contributed by atoms with Gasteiger partial charge in [-0.05, 0) is 32.6 Å². The number of ketones is 1. The van der Waals surface area contributed by atoms with Gasteiger partial charge in [0.1, 0.15) is 5.67 Å². The molecule has 0 atom stereocenters. The number of aromatic amines is 1. The third-order valence-electron chi connectivity index (χ3n) is 6.98. The number of nitrogens with zero attached hydrogens (tertiary/aromatic N) is 6. The molecule has 3 aromatic heterocycles. The van der Waals surface area contributed by atoms with Gasteiger partial charge < -0.3 is 14.8 Å². The Morgan fingerprint density at radius 1 is 1.11 bits per heavy atom. The van der Waals surface area contributed by atoms with E-state index in [9.17, 15) is 23.2 Å². The number of fused-ring (bicyclic) bond motifs is 1. The molecule has 2 aliphatic rings. The molecule has 10 nitrogen and oxygen atoms in total. The molecule has 12 heteroatoms. The second-order valence-corrected chi connectivity index (χ2v) is 9.36. The van der Waals surface area contributed by atoms with Crippen LogP contribution in [0.4, 0.5) is 8.78 Å². The third-order valence-corrected chi connectivity index (χ3v) is 6.98. The molecule has 0 radical (unpaired) electrons. The molecule has 184 valence electrons. The quantitative estimate of drug-likeness (QED) is 0.447. The van der Waals surface area contributed by atoms with Crippen LogP contribution in [0.5, 0.6) is 0 Å². The van der Waals surface area contributed by atoms with E-state index in [2.05, 4.69) is 20.3 Å². The van der Waals surface area contributed by atoms with Crippen molar-refractivity contribution in [2.75, 3.05) is 26.2 Å². The van der Waals surface area contributed by atoms with Gasteiger partial charge in [0, 0.05) is 38.3 Å². The zero-order valence-corrected chi connectivity index (χ0v) is 19.2. The highest BCUT2D eigenvalue weighted by Crippen LogP contribution is 2.35. The Morgan fingerprint density at radius 2 is 1.80 bits per heavy atom. The van der Waals surface area contributed by atoms with E-state index < -0.39 is 23.2 Å². The fourth-order valence-corrected chi connectivity index (χ4v) is 4.88. The third kappa shape index (κ3) is 4.28. The number of alkyl halides is 1. The maximum atomic E-state index is 14.7. The van der Waals surface area contributed by atoms with E-state index in [1.165, 1.54) is 28.2 Å². The Bertz CT molecular complexity index is 1270. The van der Waals surface area contributed by atoms with Crippen LogP contribution < -0.4 is 0 Å². The standard InChI is InChI=1S/C23H25F2N7O3/c1-23(25)4-2-14(3-5-23)21(34)30-8-10-31(11-9-30)22(35)19(33)15-12-26-18-17(15)16(24)13-27-20(18)32-7-6-28-29-32/h6-7,12-14,26H,2-5,8-11H2,1H3. The number of hydrogen-bond acceptors (Lipinski definition) is 6. The van der Waals surface area contributed by atoms with Gasteiger partial charge in [-0.3, -0.25) is 14.4 Å². The molecule has 2 fully saturated rings. The van der Waals surface area contributed by atoms with Crippen LogP contribution in [-0.4, -0.2) is 84.2 Å². The molecule has 0 unspecified atom stereocenters. The average Bonchev–Trinajstić information content (AvgIpc) is 3.54. The van der Waals surface area contributed by atoms with E-state index in [1.54, 1.807) is 11.8 Å². The number of hydrogen-bond donors (Lipinski definition) is 1. The molecule has 0 aromatic carbocycles. The average molecular weight is 485 g/mol. The number of rotatable bonds is 4. The summed E-state index contributed by atoms with van der Waals surface area (Å²) in [4.78, 5) is 48.8. The normalized spacial score (nSPS) is 23.0. The molecule has 1 aliphatic carbocycles. The number of pyridine rings is 1. The first-order valence-electron chi connectivity index (χ1n) is 11.6. The number of halogens is 2. The molecule has 1 saturated carbocycles. The van der Waals surface area contributed by atoms with Gasteiger partial charge in [-0.15, -0.1) is 5.10 Å². The highest BCUT2D eigenvalue weighted by molar-refractivity contribution is 6.45. The Hall–Kier alpha value is -3.70. The number of carbonyl (C=O) groups is 3. The topological polar surface area (TPSA) is 117 Å². The van der Waals surface area contributed by atoms with Gasteiger partial charge in [0.25, 0.3) is 11.7 Å². The molecule has 1 saturated heterocycles. The van der Waals surface area contributed by atoms with E-state index in [0.29, 0.717) is 38.8 Å².